The molecule has 1 saturated heterocycles. The lowest BCUT2D eigenvalue weighted by molar-refractivity contribution is -0.140. The number of carbonyl (C=O) groups excluding carboxylic acids is 2. The molecule has 0 unspecified atom stereocenters. The topological polar surface area (TPSA) is 94.9 Å². The maximum Gasteiger partial charge on any atom is 0.305 e. The van der Waals surface area contributed by atoms with Gasteiger partial charge in [-0.3, -0.25) is 14.4 Å². The van der Waals surface area contributed by atoms with Crippen LogP contribution in [0.15, 0.2) is 0 Å². The van der Waals surface area contributed by atoms with Crippen LogP contribution >= 0.6 is 0 Å². The summed E-state index contributed by atoms with van der Waals surface area (Å²) < 4.78 is 0. The molecular formula is C10H15NO5. The third kappa shape index (κ3) is 3.30. The number of rotatable bonds is 5. The van der Waals surface area contributed by atoms with E-state index in [1.165, 1.54) is 4.90 Å². The van der Waals surface area contributed by atoms with Gasteiger partial charge in [0.1, 0.15) is 6.61 Å². The van der Waals surface area contributed by atoms with E-state index in [9.17, 15) is 14.4 Å². The summed E-state index contributed by atoms with van der Waals surface area (Å²) in [6.45, 7) is -0.154. The maximum atomic E-state index is 11.6. The molecule has 0 spiro atoms. The quantitative estimate of drug-likeness (QED) is 0.614. The first-order chi connectivity index (χ1) is 7.54. The Hall–Kier alpha value is -1.43. The summed E-state index contributed by atoms with van der Waals surface area (Å²) in [5, 5.41) is 17.2. The summed E-state index contributed by atoms with van der Waals surface area (Å²) in [6.07, 6.45) is 0.994. The lowest BCUT2D eigenvalue weighted by Crippen LogP contribution is -2.38. The molecule has 0 aromatic carbocycles. The van der Waals surface area contributed by atoms with E-state index in [1.807, 2.05) is 0 Å². The standard InChI is InChI=1S/C10H15NO5/c12-6-8(13)5-9(14)11-3-1-2-7(11)4-10(15)16/h7,12H,1-6H2,(H,15,16)/t7-/m0/s1. The predicted octanol–water partition coefficient (Wildman–Crippen LogP) is -0.596. The number of hydrogen-bond donors (Lipinski definition) is 2. The fourth-order valence-corrected chi connectivity index (χ4v) is 1.90. The Balaban J connectivity index is 2.53. The van der Waals surface area contributed by atoms with Crippen molar-refractivity contribution in [2.75, 3.05) is 13.2 Å². The second kappa shape index (κ2) is 5.60. The molecule has 0 aliphatic carbocycles. The summed E-state index contributed by atoms with van der Waals surface area (Å²) in [6, 6.07) is -0.309. The van der Waals surface area contributed by atoms with Gasteiger partial charge in [0.2, 0.25) is 5.91 Å². The van der Waals surface area contributed by atoms with Gasteiger partial charge in [0.05, 0.1) is 12.8 Å². The highest BCUT2D eigenvalue weighted by Gasteiger charge is 2.30. The number of likely N-dealkylation sites (tertiary alicyclic amines) is 1. The molecule has 0 radical (unpaired) electrons. The zero-order chi connectivity index (χ0) is 12.1. The summed E-state index contributed by atoms with van der Waals surface area (Å²) in [7, 11) is 0. The van der Waals surface area contributed by atoms with Crippen molar-refractivity contribution in [2.24, 2.45) is 0 Å². The second-order valence-electron chi connectivity index (χ2n) is 3.85. The molecule has 1 rings (SSSR count). The van der Waals surface area contributed by atoms with Crippen LogP contribution in [0.3, 0.4) is 0 Å². The number of ketones is 1. The fourth-order valence-electron chi connectivity index (χ4n) is 1.90. The number of carboxylic acid groups (broad SMARTS) is 1. The van der Waals surface area contributed by atoms with E-state index in [0.29, 0.717) is 13.0 Å². The van der Waals surface area contributed by atoms with Crippen molar-refractivity contribution in [1.29, 1.82) is 0 Å². The smallest absolute Gasteiger partial charge is 0.305 e. The molecule has 1 amide bonds. The summed E-state index contributed by atoms with van der Waals surface area (Å²) in [4.78, 5) is 34.5. The molecule has 2 N–H and O–H groups in total. The molecule has 0 bridgehead atoms. The minimum absolute atomic E-state index is 0.0843. The number of carbonyl (C=O) groups is 3. The number of nitrogens with zero attached hydrogens (tertiary/aromatic N) is 1. The number of amides is 1. The number of aliphatic hydroxyl groups excluding tert-OH is 1. The van der Waals surface area contributed by atoms with Gasteiger partial charge in [-0.05, 0) is 12.8 Å². The Morgan fingerprint density at radius 2 is 2.00 bits per heavy atom. The van der Waals surface area contributed by atoms with Crippen molar-refractivity contribution in [3.63, 3.8) is 0 Å². The van der Waals surface area contributed by atoms with Crippen LogP contribution in [0.1, 0.15) is 25.7 Å². The highest BCUT2D eigenvalue weighted by atomic mass is 16.4. The van der Waals surface area contributed by atoms with E-state index >= 15 is 0 Å². The molecule has 1 fully saturated rings. The lowest BCUT2D eigenvalue weighted by atomic mass is 10.1. The van der Waals surface area contributed by atoms with Crippen LogP contribution < -0.4 is 0 Å². The van der Waals surface area contributed by atoms with Gasteiger partial charge in [0, 0.05) is 12.6 Å². The van der Waals surface area contributed by atoms with E-state index in [-0.39, 0.29) is 24.8 Å². The minimum atomic E-state index is -0.946. The number of aliphatic hydroxyl groups is 1. The van der Waals surface area contributed by atoms with Gasteiger partial charge in [0.15, 0.2) is 5.78 Å². The molecule has 1 atom stereocenters. The van der Waals surface area contributed by atoms with Gasteiger partial charge < -0.3 is 15.1 Å². The van der Waals surface area contributed by atoms with Crippen LogP contribution in [0.2, 0.25) is 0 Å². The Bertz CT molecular complexity index is 302. The average molecular weight is 229 g/mol. The van der Waals surface area contributed by atoms with E-state index in [0.717, 1.165) is 6.42 Å². The number of hydrogen-bond acceptors (Lipinski definition) is 4. The van der Waals surface area contributed by atoms with Crippen LogP contribution in [0.25, 0.3) is 0 Å². The molecule has 1 heterocycles. The van der Waals surface area contributed by atoms with Crippen molar-refractivity contribution < 1.29 is 24.6 Å². The second-order valence-corrected chi connectivity index (χ2v) is 3.85. The van der Waals surface area contributed by atoms with Crippen molar-refractivity contribution in [2.45, 2.75) is 31.7 Å². The van der Waals surface area contributed by atoms with Crippen molar-refractivity contribution in [3.05, 3.63) is 0 Å². The molecular weight excluding hydrogens is 214 g/mol. The molecule has 90 valence electrons. The normalized spacial score (nSPS) is 19.8. The van der Waals surface area contributed by atoms with Gasteiger partial charge in [-0.15, -0.1) is 0 Å². The fraction of sp³-hybridized carbons (Fsp3) is 0.700. The zero-order valence-electron chi connectivity index (χ0n) is 8.89. The van der Waals surface area contributed by atoms with Crippen molar-refractivity contribution in [1.82, 2.24) is 4.90 Å². The summed E-state index contributed by atoms with van der Waals surface area (Å²) in [5.74, 6) is -1.87. The van der Waals surface area contributed by atoms with Gasteiger partial charge in [-0.2, -0.15) is 0 Å². The Morgan fingerprint density at radius 3 is 2.56 bits per heavy atom. The molecule has 16 heavy (non-hydrogen) atoms. The van der Waals surface area contributed by atoms with Gasteiger partial charge in [-0.25, -0.2) is 0 Å². The highest BCUT2D eigenvalue weighted by Crippen LogP contribution is 2.20. The third-order valence-corrected chi connectivity index (χ3v) is 2.63. The first-order valence-corrected chi connectivity index (χ1v) is 5.18. The van der Waals surface area contributed by atoms with Gasteiger partial charge in [0.25, 0.3) is 0 Å². The van der Waals surface area contributed by atoms with E-state index in [2.05, 4.69) is 0 Å². The first kappa shape index (κ1) is 12.6. The predicted molar refractivity (Wildman–Crippen MR) is 53.7 cm³/mol. The summed E-state index contributed by atoms with van der Waals surface area (Å²) >= 11 is 0. The van der Waals surface area contributed by atoms with Gasteiger partial charge >= 0.3 is 5.97 Å². The Morgan fingerprint density at radius 1 is 1.31 bits per heavy atom. The zero-order valence-corrected chi connectivity index (χ0v) is 8.89. The van der Waals surface area contributed by atoms with Crippen LogP contribution in [0.5, 0.6) is 0 Å². The largest absolute Gasteiger partial charge is 0.481 e. The molecule has 1 aliphatic heterocycles. The maximum absolute atomic E-state index is 11.6. The highest BCUT2D eigenvalue weighted by molar-refractivity contribution is 5.98. The molecule has 6 heteroatoms. The van der Waals surface area contributed by atoms with Crippen molar-refractivity contribution in [3.8, 4) is 0 Å². The Labute approximate surface area is 92.9 Å². The van der Waals surface area contributed by atoms with Crippen LogP contribution in [-0.2, 0) is 14.4 Å². The van der Waals surface area contributed by atoms with Crippen LogP contribution in [0, 0.1) is 0 Å². The van der Waals surface area contributed by atoms with E-state index in [1.54, 1.807) is 0 Å². The lowest BCUT2D eigenvalue weighted by Gasteiger charge is -2.23. The third-order valence-electron chi connectivity index (χ3n) is 2.63. The van der Waals surface area contributed by atoms with Crippen LogP contribution in [0.4, 0.5) is 0 Å². The number of carboxylic acids is 1. The summed E-state index contributed by atoms with van der Waals surface area (Å²) in [5.41, 5.74) is 0. The molecule has 0 aromatic rings. The average Bonchev–Trinajstić information content (AvgIpc) is 2.64. The monoisotopic (exact) mass is 229 g/mol. The SMILES string of the molecule is O=C(O)C[C@@H]1CCCN1C(=O)CC(=O)CO. The Kier molecular flexibility index (Phi) is 4.42. The molecule has 0 aromatic heterocycles. The molecule has 6 nitrogen and oxygen atoms in total. The molecule has 0 saturated carbocycles. The van der Waals surface area contributed by atoms with Gasteiger partial charge in [-0.1, -0.05) is 0 Å². The van der Waals surface area contributed by atoms with Crippen LogP contribution in [-0.4, -0.2) is 52.0 Å². The van der Waals surface area contributed by atoms with Crippen molar-refractivity contribution >= 4 is 17.7 Å². The minimum Gasteiger partial charge on any atom is -0.481 e. The van der Waals surface area contributed by atoms with E-state index < -0.39 is 18.4 Å². The number of Topliss-reactive ketones (excluding diaryl/α,β-unsaturated/α-hetero) is 1. The number of aliphatic carboxylic acids is 1. The van der Waals surface area contributed by atoms with E-state index in [4.69, 9.17) is 10.2 Å². The molecule has 1 aliphatic rings. The first-order valence-electron chi connectivity index (χ1n) is 5.18.